The van der Waals surface area contributed by atoms with Gasteiger partial charge < -0.3 is 14.2 Å². The van der Waals surface area contributed by atoms with Crippen LogP contribution in [0.25, 0.3) is 6.08 Å². The van der Waals surface area contributed by atoms with Gasteiger partial charge in [0.25, 0.3) is 0 Å². The van der Waals surface area contributed by atoms with Gasteiger partial charge in [-0.05, 0) is 35.9 Å². The lowest BCUT2D eigenvalue weighted by atomic mass is 10.2. The molecule has 1 aromatic carbocycles. The molecule has 124 valence electrons. The van der Waals surface area contributed by atoms with E-state index in [4.69, 9.17) is 25.8 Å². The summed E-state index contributed by atoms with van der Waals surface area (Å²) in [4.78, 5) is 24.0. The topological polar surface area (TPSA) is 61.8 Å². The van der Waals surface area contributed by atoms with Crippen molar-refractivity contribution in [3.8, 4) is 11.5 Å². The van der Waals surface area contributed by atoms with Crippen LogP contribution in [0.1, 0.15) is 15.2 Å². The largest absolute Gasteiger partial charge is 0.486 e. The van der Waals surface area contributed by atoms with E-state index < -0.39 is 5.97 Å². The maximum absolute atomic E-state index is 11.8. The molecule has 2 aromatic rings. The van der Waals surface area contributed by atoms with Crippen LogP contribution >= 0.6 is 22.9 Å². The van der Waals surface area contributed by atoms with Gasteiger partial charge in [-0.15, -0.1) is 11.3 Å². The van der Waals surface area contributed by atoms with E-state index in [2.05, 4.69) is 0 Å². The van der Waals surface area contributed by atoms with Gasteiger partial charge in [-0.25, -0.2) is 4.79 Å². The molecular formula is C17H13ClO5S. The first kappa shape index (κ1) is 16.5. The van der Waals surface area contributed by atoms with E-state index >= 15 is 0 Å². The zero-order chi connectivity index (χ0) is 16.9. The molecule has 0 saturated heterocycles. The molecule has 3 rings (SSSR count). The molecule has 24 heavy (non-hydrogen) atoms. The smallest absolute Gasteiger partial charge is 0.331 e. The monoisotopic (exact) mass is 364 g/mol. The molecule has 0 aliphatic carbocycles. The van der Waals surface area contributed by atoms with E-state index in [0.29, 0.717) is 33.9 Å². The lowest BCUT2D eigenvalue weighted by Crippen LogP contribution is -2.15. The molecule has 1 aliphatic heterocycles. The number of ether oxygens (including phenoxy) is 3. The van der Waals surface area contributed by atoms with Gasteiger partial charge >= 0.3 is 5.97 Å². The third-order valence-corrected chi connectivity index (χ3v) is 4.44. The van der Waals surface area contributed by atoms with Gasteiger partial charge in [0.15, 0.2) is 18.1 Å². The van der Waals surface area contributed by atoms with E-state index in [1.807, 2.05) is 0 Å². The fraction of sp³-hybridized carbons (Fsp3) is 0.176. The number of carbonyl (C=O) groups excluding carboxylic acids is 2. The highest BCUT2D eigenvalue weighted by Gasteiger charge is 2.12. The number of hydrogen-bond donors (Lipinski definition) is 0. The van der Waals surface area contributed by atoms with Crippen LogP contribution in [-0.4, -0.2) is 31.6 Å². The van der Waals surface area contributed by atoms with Crippen LogP contribution in [0.2, 0.25) is 4.34 Å². The van der Waals surface area contributed by atoms with E-state index in [0.717, 1.165) is 16.9 Å². The van der Waals surface area contributed by atoms with Crippen molar-refractivity contribution in [2.24, 2.45) is 0 Å². The number of hydrogen-bond acceptors (Lipinski definition) is 6. The second kappa shape index (κ2) is 7.51. The maximum atomic E-state index is 11.8. The number of esters is 1. The number of rotatable bonds is 5. The highest BCUT2D eigenvalue weighted by molar-refractivity contribution is 7.18. The average Bonchev–Trinajstić information content (AvgIpc) is 3.04. The average molecular weight is 365 g/mol. The summed E-state index contributed by atoms with van der Waals surface area (Å²) in [7, 11) is 0. The Balaban J connectivity index is 1.54. The Morgan fingerprint density at radius 3 is 2.71 bits per heavy atom. The van der Waals surface area contributed by atoms with E-state index in [1.54, 1.807) is 36.4 Å². The third kappa shape index (κ3) is 4.15. The predicted molar refractivity (Wildman–Crippen MR) is 91.1 cm³/mol. The minimum Gasteiger partial charge on any atom is -0.486 e. The van der Waals surface area contributed by atoms with Crippen molar-refractivity contribution in [2.75, 3.05) is 19.8 Å². The molecule has 0 saturated carbocycles. The summed E-state index contributed by atoms with van der Waals surface area (Å²) >= 11 is 6.92. The zero-order valence-corrected chi connectivity index (χ0v) is 14.1. The second-order valence-corrected chi connectivity index (χ2v) is 6.59. The van der Waals surface area contributed by atoms with Crippen molar-refractivity contribution in [3.63, 3.8) is 0 Å². The number of fused-ring (bicyclic) bond motifs is 1. The van der Waals surface area contributed by atoms with Crippen LogP contribution in [0.15, 0.2) is 36.4 Å². The second-order valence-electron chi connectivity index (χ2n) is 4.87. The van der Waals surface area contributed by atoms with Crippen molar-refractivity contribution >= 4 is 40.8 Å². The van der Waals surface area contributed by atoms with Gasteiger partial charge in [-0.2, -0.15) is 0 Å². The fourth-order valence-electron chi connectivity index (χ4n) is 2.05. The van der Waals surface area contributed by atoms with Crippen LogP contribution in [-0.2, 0) is 9.53 Å². The SMILES string of the molecule is O=C(/C=C/c1ccc2c(c1)OCCO2)OCC(=O)c1ccc(Cl)s1. The molecule has 0 amide bonds. The zero-order valence-electron chi connectivity index (χ0n) is 12.5. The molecule has 7 heteroatoms. The van der Waals surface area contributed by atoms with Crippen molar-refractivity contribution < 1.29 is 23.8 Å². The first-order chi connectivity index (χ1) is 11.6. The molecule has 0 N–H and O–H groups in total. The van der Waals surface area contributed by atoms with E-state index in [9.17, 15) is 9.59 Å². The van der Waals surface area contributed by atoms with Crippen molar-refractivity contribution in [2.45, 2.75) is 0 Å². The van der Waals surface area contributed by atoms with Gasteiger partial charge in [0.05, 0.1) is 9.21 Å². The summed E-state index contributed by atoms with van der Waals surface area (Å²) in [6.07, 6.45) is 2.85. The van der Waals surface area contributed by atoms with Crippen LogP contribution in [0.4, 0.5) is 0 Å². The molecule has 2 heterocycles. The quantitative estimate of drug-likeness (QED) is 0.460. The molecule has 0 radical (unpaired) electrons. The minimum atomic E-state index is -0.596. The lowest BCUT2D eigenvalue weighted by Gasteiger charge is -2.18. The standard InChI is InChI=1S/C17H13ClO5S/c18-16-5-4-15(24-16)12(19)10-23-17(20)6-2-11-1-3-13-14(9-11)22-8-7-21-13/h1-6,9H,7-8,10H2/b6-2+. The highest BCUT2D eigenvalue weighted by atomic mass is 35.5. The summed E-state index contributed by atoms with van der Waals surface area (Å²) in [6, 6.07) is 8.59. The Labute approximate surface area is 147 Å². The van der Waals surface area contributed by atoms with Gasteiger partial charge in [0, 0.05) is 6.08 Å². The summed E-state index contributed by atoms with van der Waals surface area (Å²) in [5.74, 6) is 0.441. The predicted octanol–water partition coefficient (Wildman–Crippen LogP) is 3.61. The summed E-state index contributed by atoms with van der Waals surface area (Å²) < 4.78 is 16.3. The number of Topliss-reactive ketones (excluding diaryl/α,β-unsaturated/α-hetero) is 1. The first-order valence-electron chi connectivity index (χ1n) is 7.15. The highest BCUT2D eigenvalue weighted by Crippen LogP contribution is 2.31. The molecule has 5 nitrogen and oxygen atoms in total. The number of thiophene rings is 1. The Kier molecular flexibility index (Phi) is 5.17. The third-order valence-electron chi connectivity index (χ3n) is 3.17. The Hall–Kier alpha value is -2.31. The van der Waals surface area contributed by atoms with Crippen LogP contribution < -0.4 is 9.47 Å². The number of ketones is 1. The van der Waals surface area contributed by atoms with Crippen LogP contribution in [0, 0.1) is 0 Å². The van der Waals surface area contributed by atoms with E-state index in [-0.39, 0.29) is 12.4 Å². The number of carbonyl (C=O) groups is 2. The Bertz CT molecular complexity index is 796. The maximum Gasteiger partial charge on any atom is 0.331 e. The van der Waals surface area contributed by atoms with E-state index in [1.165, 1.54) is 6.08 Å². The van der Waals surface area contributed by atoms with Crippen molar-refractivity contribution in [1.29, 1.82) is 0 Å². The minimum absolute atomic E-state index is 0.284. The van der Waals surface area contributed by atoms with Crippen molar-refractivity contribution in [1.82, 2.24) is 0 Å². The first-order valence-corrected chi connectivity index (χ1v) is 8.34. The number of halogens is 1. The van der Waals surface area contributed by atoms with Gasteiger partial charge in [0.2, 0.25) is 5.78 Å². The molecular weight excluding hydrogens is 352 g/mol. The lowest BCUT2D eigenvalue weighted by molar-refractivity contribution is -0.136. The molecule has 0 unspecified atom stereocenters. The van der Waals surface area contributed by atoms with Gasteiger partial charge in [0.1, 0.15) is 13.2 Å². The summed E-state index contributed by atoms with van der Waals surface area (Å²) in [6.45, 7) is 0.705. The van der Waals surface area contributed by atoms with Crippen LogP contribution in [0.5, 0.6) is 11.5 Å². The van der Waals surface area contributed by atoms with Gasteiger partial charge in [-0.3, -0.25) is 4.79 Å². The molecule has 0 spiro atoms. The van der Waals surface area contributed by atoms with Crippen molar-refractivity contribution in [3.05, 3.63) is 51.2 Å². The molecule has 0 atom stereocenters. The molecule has 0 fully saturated rings. The Morgan fingerprint density at radius 2 is 1.96 bits per heavy atom. The number of benzene rings is 1. The molecule has 1 aliphatic rings. The molecule has 1 aromatic heterocycles. The normalized spacial score (nSPS) is 13.0. The van der Waals surface area contributed by atoms with Crippen LogP contribution in [0.3, 0.4) is 0 Å². The summed E-state index contributed by atoms with van der Waals surface area (Å²) in [5.41, 5.74) is 0.771. The summed E-state index contributed by atoms with van der Waals surface area (Å²) in [5, 5.41) is 0. The molecule has 0 bridgehead atoms. The van der Waals surface area contributed by atoms with Gasteiger partial charge in [-0.1, -0.05) is 17.7 Å². The fourth-order valence-corrected chi connectivity index (χ4v) is 3.02. The Morgan fingerprint density at radius 1 is 1.17 bits per heavy atom.